The zero-order valence-electron chi connectivity index (χ0n) is 13.3. The van der Waals surface area contributed by atoms with E-state index in [2.05, 4.69) is 26.2 Å². The van der Waals surface area contributed by atoms with Crippen LogP contribution in [-0.4, -0.2) is 10.9 Å². The van der Waals surface area contributed by atoms with Gasteiger partial charge in [0, 0.05) is 27.2 Å². The lowest BCUT2D eigenvalue weighted by Gasteiger charge is -2.09. The third-order valence-electron chi connectivity index (χ3n) is 3.34. The number of anilines is 1. The van der Waals surface area contributed by atoms with Crippen molar-refractivity contribution >= 4 is 50.6 Å². The number of aryl methyl sites for hydroxylation is 3. The van der Waals surface area contributed by atoms with Crippen molar-refractivity contribution in [1.82, 2.24) is 4.98 Å². The van der Waals surface area contributed by atoms with Crippen molar-refractivity contribution in [2.75, 3.05) is 5.32 Å². The minimum atomic E-state index is -0.253. The number of amides is 1. The summed E-state index contributed by atoms with van der Waals surface area (Å²) in [5.74, 6) is 0.0650. The molecule has 2 heterocycles. The second kappa shape index (κ2) is 7.13. The van der Waals surface area contributed by atoms with Crippen molar-refractivity contribution in [2.45, 2.75) is 30.0 Å². The van der Waals surface area contributed by atoms with Crippen LogP contribution in [-0.2, 0) is 0 Å². The number of furan rings is 1. The number of aromatic nitrogens is 1. The van der Waals surface area contributed by atoms with Crippen molar-refractivity contribution in [3.05, 3.63) is 56.9 Å². The molecule has 2 aromatic heterocycles. The highest BCUT2D eigenvalue weighted by Crippen LogP contribution is 2.32. The number of thiazole rings is 1. The lowest BCUT2D eigenvalue weighted by molar-refractivity contribution is 0.0994. The predicted octanol–water partition coefficient (Wildman–Crippen LogP) is 5.83. The minimum absolute atomic E-state index is 0.253. The number of benzene rings is 1. The molecule has 3 aromatic rings. The standard InChI is InChI=1S/C17H15BrN2O2S2/c1-9-6-12(24-17-19-11(3)8-23-17)4-5-13(9)20-16(21)15-10(2)7-14(18)22-15/h4-8H,1-3H3,(H,20,21). The smallest absolute Gasteiger partial charge is 0.291 e. The summed E-state index contributed by atoms with van der Waals surface area (Å²) >= 11 is 6.49. The van der Waals surface area contributed by atoms with Crippen LogP contribution < -0.4 is 5.32 Å². The van der Waals surface area contributed by atoms with Gasteiger partial charge < -0.3 is 9.73 Å². The number of rotatable bonds is 4. The molecule has 0 saturated carbocycles. The molecule has 124 valence electrons. The topological polar surface area (TPSA) is 55.1 Å². The average Bonchev–Trinajstić information content (AvgIpc) is 3.07. The molecule has 3 rings (SSSR count). The highest BCUT2D eigenvalue weighted by Gasteiger charge is 2.16. The fourth-order valence-corrected chi connectivity index (χ4v) is 4.58. The normalized spacial score (nSPS) is 10.8. The van der Waals surface area contributed by atoms with E-state index in [-0.39, 0.29) is 5.91 Å². The van der Waals surface area contributed by atoms with Gasteiger partial charge in [0.1, 0.15) is 0 Å². The SMILES string of the molecule is Cc1csc(Sc2ccc(NC(=O)c3oc(Br)cc3C)c(C)c2)n1. The summed E-state index contributed by atoms with van der Waals surface area (Å²) in [6.07, 6.45) is 0. The molecule has 0 aliphatic heterocycles. The van der Waals surface area contributed by atoms with Gasteiger partial charge in [-0.3, -0.25) is 4.79 Å². The van der Waals surface area contributed by atoms with Crippen LogP contribution in [0.25, 0.3) is 0 Å². The van der Waals surface area contributed by atoms with Gasteiger partial charge in [-0.25, -0.2) is 4.98 Å². The van der Waals surface area contributed by atoms with Crippen LogP contribution in [0.4, 0.5) is 5.69 Å². The van der Waals surface area contributed by atoms with Gasteiger partial charge in [0.05, 0.1) is 0 Å². The van der Waals surface area contributed by atoms with Gasteiger partial charge in [-0.05, 0) is 66.5 Å². The van der Waals surface area contributed by atoms with Crippen molar-refractivity contribution in [1.29, 1.82) is 0 Å². The summed E-state index contributed by atoms with van der Waals surface area (Å²) < 4.78 is 6.95. The maximum absolute atomic E-state index is 12.3. The van der Waals surface area contributed by atoms with E-state index in [4.69, 9.17) is 4.42 Å². The van der Waals surface area contributed by atoms with Gasteiger partial charge >= 0.3 is 0 Å². The molecule has 24 heavy (non-hydrogen) atoms. The predicted molar refractivity (Wildman–Crippen MR) is 101 cm³/mol. The molecular weight excluding hydrogens is 408 g/mol. The molecule has 0 fully saturated rings. The van der Waals surface area contributed by atoms with Crippen molar-refractivity contribution in [3.63, 3.8) is 0 Å². The Morgan fingerprint density at radius 2 is 2.04 bits per heavy atom. The van der Waals surface area contributed by atoms with E-state index in [0.29, 0.717) is 10.4 Å². The van der Waals surface area contributed by atoms with Crippen molar-refractivity contribution in [3.8, 4) is 0 Å². The summed E-state index contributed by atoms with van der Waals surface area (Å²) in [6.45, 7) is 5.79. The third kappa shape index (κ3) is 3.91. The third-order valence-corrected chi connectivity index (χ3v) is 5.78. The molecule has 0 saturated heterocycles. The molecule has 0 aliphatic carbocycles. The number of nitrogens with zero attached hydrogens (tertiary/aromatic N) is 1. The first-order valence-corrected chi connectivity index (χ1v) is 9.69. The molecular formula is C17H15BrN2O2S2. The maximum atomic E-state index is 12.3. The van der Waals surface area contributed by atoms with E-state index >= 15 is 0 Å². The van der Waals surface area contributed by atoms with Crippen LogP contribution in [0.2, 0.25) is 0 Å². The van der Waals surface area contributed by atoms with Crippen LogP contribution >= 0.6 is 39.0 Å². The van der Waals surface area contributed by atoms with Crippen LogP contribution in [0.1, 0.15) is 27.4 Å². The average molecular weight is 423 g/mol. The minimum Gasteiger partial charge on any atom is -0.444 e. The van der Waals surface area contributed by atoms with Gasteiger partial charge in [0.25, 0.3) is 5.91 Å². The Hall–Kier alpha value is -1.57. The van der Waals surface area contributed by atoms with Crippen molar-refractivity contribution in [2.24, 2.45) is 0 Å². The van der Waals surface area contributed by atoms with Crippen LogP contribution in [0, 0.1) is 20.8 Å². The highest BCUT2D eigenvalue weighted by molar-refractivity contribution is 9.10. The summed E-state index contributed by atoms with van der Waals surface area (Å²) in [7, 11) is 0. The molecule has 1 aromatic carbocycles. The molecule has 7 heteroatoms. The maximum Gasteiger partial charge on any atom is 0.291 e. The molecule has 0 atom stereocenters. The Morgan fingerprint density at radius 3 is 2.62 bits per heavy atom. The van der Waals surface area contributed by atoms with Gasteiger partial charge in [-0.2, -0.15) is 0 Å². The summed E-state index contributed by atoms with van der Waals surface area (Å²) in [5.41, 5.74) is 3.59. The van der Waals surface area contributed by atoms with Gasteiger partial charge in [-0.1, -0.05) is 11.8 Å². The Morgan fingerprint density at radius 1 is 1.25 bits per heavy atom. The Labute approximate surface area is 156 Å². The fourth-order valence-electron chi connectivity index (χ4n) is 2.17. The van der Waals surface area contributed by atoms with Gasteiger partial charge in [0.2, 0.25) is 0 Å². The Kier molecular flexibility index (Phi) is 5.12. The lowest BCUT2D eigenvalue weighted by Crippen LogP contribution is -2.13. The van der Waals surface area contributed by atoms with E-state index in [1.807, 2.05) is 44.4 Å². The van der Waals surface area contributed by atoms with Crippen LogP contribution in [0.3, 0.4) is 0 Å². The molecule has 1 amide bonds. The molecule has 0 spiro atoms. The molecule has 0 unspecified atom stereocenters. The monoisotopic (exact) mass is 422 g/mol. The quantitative estimate of drug-likeness (QED) is 0.574. The first kappa shape index (κ1) is 17.3. The summed E-state index contributed by atoms with van der Waals surface area (Å²) in [6, 6.07) is 7.71. The van der Waals surface area contributed by atoms with Crippen LogP contribution in [0.15, 0.2) is 48.0 Å². The molecule has 0 bridgehead atoms. The molecule has 4 nitrogen and oxygen atoms in total. The summed E-state index contributed by atoms with van der Waals surface area (Å²) in [4.78, 5) is 17.9. The molecule has 0 aliphatic rings. The summed E-state index contributed by atoms with van der Waals surface area (Å²) in [5, 5.41) is 4.94. The molecule has 1 N–H and O–H groups in total. The number of hydrogen-bond acceptors (Lipinski definition) is 5. The first-order valence-electron chi connectivity index (χ1n) is 7.20. The number of carbonyl (C=O) groups is 1. The zero-order valence-corrected chi connectivity index (χ0v) is 16.6. The Balaban J connectivity index is 1.75. The largest absolute Gasteiger partial charge is 0.444 e. The number of hydrogen-bond donors (Lipinski definition) is 1. The van der Waals surface area contributed by atoms with Crippen molar-refractivity contribution < 1.29 is 9.21 Å². The van der Waals surface area contributed by atoms with E-state index in [1.54, 1.807) is 29.2 Å². The number of nitrogens with one attached hydrogen (secondary N) is 1. The van der Waals surface area contributed by atoms with E-state index < -0.39 is 0 Å². The van der Waals surface area contributed by atoms with E-state index in [1.165, 1.54) is 0 Å². The first-order chi connectivity index (χ1) is 11.4. The Bertz CT molecular complexity index is 902. The zero-order chi connectivity index (χ0) is 17.3. The van der Waals surface area contributed by atoms with Gasteiger partial charge in [-0.15, -0.1) is 11.3 Å². The fraction of sp³-hybridized carbons (Fsp3) is 0.176. The highest BCUT2D eigenvalue weighted by atomic mass is 79.9. The van der Waals surface area contributed by atoms with E-state index in [9.17, 15) is 4.79 Å². The van der Waals surface area contributed by atoms with E-state index in [0.717, 1.165) is 31.7 Å². The number of halogens is 1. The second-order valence-electron chi connectivity index (χ2n) is 5.35. The lowest BCUT2D eigenvalue weighted by atomic mass is 10.2. The molecule has 0 radical (unpaired) electrons. The van der Waals surface area contributed by atoms with Crippen LogP contribution in [0.5, 0.6) is 0 Å². The number of carbonyl (C=O) groups excluding carboxylic acids is 1. The second-order valence-corrected chi connectivity index (χ2v) is 8.31. The van der Waals surface area contributed by atoms with Gasteiger partial charge in [0.15, 0.2) is 14.8 Å².